The molecule has 0 aliphatic heterocycles. The van der Waals surface area contributed by atoms with Gasteiger partial charge in [-0.3, -0.25) is 9.59 Å². The molecule has 288 valence electrons. The fourth-order valence-electron chi connectivity index (χ4n) is 7.96. The van der Waals surface area contributed by atoms with E-state index in [0.717, 1.165) is 12.1 Å². The normalized spacial score (nSPS) is 15.6. The third-order valence-corrected chi connectivity index (χ3v) is 13.0. The van der Waals surface area contributed by atoms with Crippen LogP contribution >= 0.6 is 11.8 Å². The molecule has 4 aromatic rings. The second-order valence-electron chi connectivity index (χ2n) is 16.2. The number of aromatic nitrogens is 2. The molecule has 5 rings (SSSR count). The number of halogens is 4. The van der Waals surface area contributed by atoms with E-state index in [4.69, 9.17) is 157 Å². The smallest absolute Gasteiger partial charge is 0.348 e. The van der Waals surface area contributed by atoms with Gasteiger partial charge in [-0.1, -0.05) is 97.4 Å². The van der Waals surface area contributed by atoms with Gasteiger partial charge in [0.2, 0.25) is 5.91 Å². The number of rotatable bonds is 13. The summed E-state index contributed by atoms with van der Waals surface area (Å²) in [6.07, 6.45) is -5.11. The van der Waals surface area contributed by atoms with E-state index >= 15 is 4.79 Å². The van der Waals surface area contributed by atoms with Crippen molar-refractivity contribution >= 4 is 218 Å². The molecule has 1 aliphatic carbocycles. The van der Waals surface area contributed by atoms with Crippen LogP contribution in [0.4, 0.5) is 17.6 Å². The fourth-order valence-corrected chi connectivity index (χ4v) is 8.98. The lowest BCUT2D eigenvalue weighted by atomic mass is 9.20. The zero-order valence-corrected chi connectivity index (χ0v) is 37.0. The molecule has 0 atom stereocenters. The topological polar surface area (TPSA) is 58.4 Å². The average Bonchev–Trinajstić information content (AvgIpc) is 3.31. The SMILES string of the molecule is [B]c1c([B])c(C(F)(F)F)c([B])c([B])c1-c1c([B])c([B])c(C([B])([B])N(CCN(CC)CC)C(=O)C([B])([B])n2c(SC([B])([B])c3ccc(F)cc3)nc(=O)c3c2C([B])([B])C([B])([B])C3([B])[B])c([B])c1[B]. The zero-order valence-electron chi connectivity index (χ0n) is 36.2. The lowest BCUT2D eigenvalue weighted by molar-refractivity contribution is -0.137. The molecule has 0 saturated heterocycles. The first-order valence-corrected chi connectivity index (χ1v) is 20.5. The van der Waals surface area contributed by atoms with Gasteiger partial charge in [0.05, 0.1) is 78.5 Å². The quantitative estimate of drug-likeness (QED) is 0.0580. The van der Waals surface area contributed by atoms with Crippen LogP contribution in [0, 0.1) is 5.82 Å². The van der Waals surface area contributed by atoms with Gasteiger partial charge in [-0.15, -0.1) is 5.21 Å². The highest BCUT2D eigenvalue weighted by Crippen LogP contribution is 2.58. The summed E-state index contributed by atoms with van der Waals surface area (Å²) in [6, 6.07) is 4.48. The highest BCUT2D eigenvalue weighted by Gasteiger charge is 2.58. The second-order valence-corrected chi connectivity index (χ2v) is 17.5. The van der Waals surface area contributed by atoms with Crippen LogP contribution in [0.25, 0.3) is 11.1 Å². The van der Waals surface area contributed by atoms with Crippen molar-refractivity contribution in [2.45, 2.75) is 56.0 Å². The Morgan fingerprint density at radius 2 is 1.12 bits per heavy atom. The van der Waals surface area contributed by atoms with Crippen LogP contribution in [0.2, 0.25) is 5.21 Å². The maximum absolute atomic E-state index is 15.5. The summed E-state index contributed by atoms with van der Waals surface area (Å²) in [5.74, 6) is -2.12. The molecule has 40 radical (unpaired) electrons. The van der Waals surface area contributed by atoms with Crippen molar-refractivity contribution in [1.82, 2.24) is 19.4 Å². The summed E-state index contributed by atoms with van der Waals surface area (Å²) in [5, 5.41) is -14.6. The number of fused-ring (bicyclic) bond motifs is 1. The number of carbonyl (C=O) groups excluding carboxylic acids is 1. The van der Waals surface area contributed by atoms with Gasteiger partial charge in [0.15, 0.2) is 5.16 Å². The molecular formula is C36H18B20F4N4O2S. The first-order chi connectivity index (χ1) is 30.4. The highest BCUT2D eigenvalue weighted by molar-refractivity contribution is 8.02. The molecule has 0 unspecified atom stereocenters. The Hall–Kier alpha value is -2.66. The van der Waals surface area contributed by atoms with Gasteiger partial charge < -0.3 is 14.4 Å². The van der Waals surface area contributed by atoms with Crippen molar-refractivity contribution in [3.8, 4) is 11.1 Å². The second kappa shape index (κ2) is 18.5. The number of amides is 1. The molecule has 1 aliphatic rings. The van der Waals surface area contributed by atoms with E-state index in [2.05, 4.69) is 4.98 Å². The highest BCUT2D eigenvalue weighted by atomic mass is 32.2. The van der Waals surface area contributed by atoms with Gasteiger partial charge in [0, 0.05) is 35.2 Å². The van der Waals surface area contributed by atoms with Crippen molar-refractivity contribution in [3.05, 3.63) is 68.4 Å². The van der Waals surface area contributed by atoms with E-state index in [-0.39, 0.29) is 12.1 Å². The van der Waals surface area contributed by atoms with E-state index < -0.39 is 143 Å². The van der Waals surface area contributed by atoms with Crippen LogP contribution < -0.4 is 49.3 Å². The molecule has 0 spiro atoms. The number of benzene rings is 3. The molecule has 0 saturated carbocycles. The van der Waals surface area contributed by atoms with Crippen molar-refractivity contribution in [2.24, 2.45) is 0 Å². The number of thioether (sulfide) groups is 1. The number of hydrogen-bond acceptors (Lipinski definition) is 5. The third-order valence-electron chi connectivity index (χ3n) is 12.0. The van der Waals surface area contributed by atoms with Crippen molar-refractivity contribution in [3.63, 3.8) is 0 Å². The zero-order chi connectivity index (χ0) is 51.3. The monoisotopic (exact) mass is 866 g/mol. The van der Waals surface area contributed by atoms with Gasteiger partial charge >= 0.3 is 6.18 Å². The first kappa shape index (κ1) is 55.3. The summed E-state index contributed by atoms with van der Waals surface area (Å²) < 4.78 is 54.5. The Balaban J connectivity index is 1.84. The van der Waals surface area contributed by atoms with Crippen LogP contribution in [0.1, 0.15) is 41.8 Å². The molecule has 1 heterocycles. The molecule has 0 N–H and O–H groups in total. The Labute approximate surface area is 419 Å². The van der Waals surface area contributed by atoms with Crippen molar-refractivity contribution < 1.29 is 22.4 Å². The largest absolute Gasteiger partial charge is 0.415 e. The Kier molecular flexibility index (Phi) is 15.3. The van der Waals surface area contributed by atoms with E-state index in [9.17, 15) is 22.4 Å². The molecule has 31 heteroatoms. The van der Waals surface area contributed by atoms with Crippen LogP contribution in [0.3, 0.4) is 0 Å². The molecule has 6 nitrogen and oxygen atoms in total. The summed E-state index contributed by atoms with van der Waals surface area (Å²) in [4.78, 5) is 36.0. The van der Waals surface area contributed by atoms with Crippen molar-refractivity contribution in [1.29, 1.82) is 0 Å². The molecule has 1 aromatic heterocycles. The summed E-state index contributed by atoms with van der Waals surface area (Å²) >= 11 is 0.348. The average molecular weight is 863 g/mol. The predicted octanol–water partition coefficient (Wildman–Crippen LogP) is -8.63. The van der Waals surface area contributed by atoms with Crippen LogP contribution in [-0.2, 0) is 36.6 Å². The predicted molar refractivity (Wildman–Crippen MR) is 277 cm³/mol. The number of hydrogen-bond donors (Lipinski definition) is 0. The Morgan fingerprint density at radius 1 is 0.687 bits per heavy atom. The van der Waals surface area contributed by atoms with Gasteiger partial charge in [0.25, 0.3) is 5.56 Å². The molecular weight excluding hydrogens is 845 g/mol. The molecule has 67 heavy (non-hydrogen) atoms. The lowest BCUT2D eigenvalue weighted by Gasteiger charge is -2.50. The molecule has 0 fully saturated rings. The van der Waals surface area contributed by atoms with Crippen LogP contribution in [0.15, 0.2) is 34.2 Å². The van der Waals surface area contributed by atoms with E-state index in [1.807, 2.05) is 4.90 Å². The maximum Gasteiger partial charge on any atom is 0.415 e. The van der Waals surface area contributed by atoms with E-state index in [1.54, 1.807) is 13.8 Å². The van der Waals surface area contributed by atoms with Gasteiger partial charge in [-0.25, -0.2) is 4.39 Å². The summed E-state index contributed by atoms with van der Waals surface area (Å²) in [5.41, 5.74) is -11.7. The minimum atomic E-state index is -5.11. The Bertz CT molecular complexity index is 2660. The molecule has 1 amide bonds. The van der Waals surface area contributed by atoms with Crippen LogP contribution in [-0.4, -0.2) is 208 Å². The summed E-state index contributed by atoms with van der Waals surface area (Å²) in [6.45, 7) is 3.87. The van der Waals surface area contributed by atoms with E-state index in [0.29, 0.717) is 34.3 Å². The minimum absolute atomic E-state index is 0.0342. The molecule has 3 aromatic carbocycles. The number of likely N-dealkylation sites (N-methyl/N-ethyl adjacent to an activating group) is 1. The fraction of sp³-hybridized carbons (Fsp3) is 0.361. The third kappa shape index (κ3) is 8.93. The number of nitrogens with zero attached hydrogens (tertiary/aromatic N) is 4. The van der Waals surface area contributed by atoms with Crippen LogP contribution in [0.5, 0.6) is 0 Å². The van der Waals surface area contributed by atoms with Gasteiger partial charge in [0.1, 0.15) is 84.3 Å². The standard InChI is InChI=1S/C36H18B20F4N4O2S/c1-3-62(4-2)9-10-63(32(49,50)15-22(41)18(37)13(19(38)23(15)42)14-20(39)24(43)16(35(58,59)60)25(44)21(14)40)28(66)33(51,52)64-26-17(30(45,46)36(55,56)31(26,47)48)27(65)61-29(64)67-34(53,54)11-5-7-12(57)8-6-11/h5-8H,3-4,9-10H2,1-2H3. The molecule has 0 bridgehead atoms. The van der Waals surface area contributed by atoms with E-state index in [1.165, 1.54) is 12.1 Å². The Morgan fingerprint density at radius 3 is 1.54 bits per heavy atom. The number of alkyl halides is 3. The van der Waals surface area contributed by atoms with Gasteiger partial charge in [-0.2, -0.15) is 18.2 Å². The minimum Gasteiger partial charge on any atom is -0.348 e. The first-order valence-electron chi connectivity index (χ1n) is 19.7. The summed E-state index contributed by atoms with van der Waals surface area (Å²) in [7, 11) is 130. The lowest BCUT2D eigenvalue weighted by Crippen LogP contribution is -2.65. The number of carbonyl (C=O) groups is 1. The maximum atomic E-state index is 15.5. The van der Waals surface area contributed by atoms with Crippen molar-refractivity contribution in [2.75, 3.05) is 26.2 Å². The van der Waals surface area contributed by atoms with Gasteiger partial charge in [-0.05, 0) is 51.8 Å².